The molecule has 0 bridgehead atoms. The number of carbonyl (C=O) groups excluding carboxylic acids is 2. The highest BCUT2D eigenvalue weighted by molar-refractivity contribution is 7.87. The highest BCUT2D eigenvalue weighted by Gasteiger charge is 2.41. The van der Waals surface area contributed by atoms with E-state index < -0.39 is 39.2 Å². The van der Waals surface area contributed by atoms with E-state index in [4.69, 9.17) is 14.5 Å². The van der Waals surface area contributed by atoms with Crippen molar-refractivity contribution in [1.29, 1.82) is 0 Å². The number of alkyl carbamates (subject to hydrolysis) is 1. The average Bonchev–Trinajstić information content (AvgIpc) is 3.20. The highest BCUT2D eigenvalue weighted by Crippen LogP contribution is 2.39. The average molecular weight is 678 g/mol. The summed E-state index contributed by atoms with van der Waals surface area (Å²) in [7, 11) is -4.31. The minimum Gasteiger partial charge on any atom is -0.493 e. The first-order valence-corrected chi connectivity index (χ1v) is 17.7. The van der Waals surface area contributed by atoms with E-state index in [2.05, 4.69) is 30.8 Å². The van der Waals surface area contributed by atoms with E-state index in [9.17, 15) is 22.4 Å². The minimum absolute atomic E-state index is 0. The molecule has 2 N–H and O–H groups in total. The number of hydrogen-bond acceptors (Lipinski definition) is 8. The lowest BCUT2D eigenvalue weighted by Gasteiger charge is -2.40. The monoisotopic (exact) mass is 677 g/mol. The maximum atomic E-state index is 14.7. The molecule has 2 aromatic rings. The smallest absolute Gasteiger partial charge is 0.408 e. The summed E-state index contributed by atoms with van der Waals surface area (Å²) in [6, 6.07) is 7.50. The highest BCUT2D eigenvalue weighted by atomic mass is 32.2. The number of hydrogen-bond donors (Lipinski definition) is 2. The molecule has 47 heavy (non-hydrogen) atoms. The Morgan fingerprint density at radius 3 is 2.49 bits per heavy atom. The van der Waals surface area contributed by atoms with Crippen molar-refractivity contribution in [3.05, 3.63) is 41.7 Å². The molecule has 1 aromatic carbocycles. The Hall–Kier alpha value is -3.45. The zero-order chi connectivity index (χ0) is 34.9. The molecular formula is C34H52FN5O6S. The molecule has 4 rings (SSSR count). The van der Waals surface area contributed by atoms with E-state index >= 15 is 0 Å². The van der Waals surface area contributed by atoms with Crippen LogP contribution in [0.15, 0.2) is 30.3 Å². The maximum Gasteiger partial charge on any atom is 0.408 e. The normalized spacial score (nSPS) is 21.9. The Kier molecular flexibility index (Phi) is 10.5. The van der Waals surface area contributed by atoms with Crippen molar-refractivity contribution in [1.82, 2.24) is 19.3 Å². The van der Waals surface area contributed by atoms with Gasteiger partial charge in [-0.15, -0.1) is 0 Å². The Balaban J connectivity index is 0.00000625. The molecule has 2 aliphatic heterocycles. The Morgan fingerprint density at radius 2 is 1.87 bits per heavy atom. The summed E-state index contributed by atoms with van der Waals surface area (Å²) in [6.07, 6.45) is 1.20. The van der Waals surface area contributed by atoms with Crippen LogP contribution in [0, 0.1) is 17.7 Å². The standard InChI is InChI=1S/C34H50FN5O6S.H2/c1-22(2)20-45-26-16-24(15-25(35)17-26)28-12-11-27(29(36-28)40-19-23(3)18-33(40,7)8)30(41)38-47(43,44)39-14-10-13-34(9,21-39)37-31(42)46-32(4,5)6;/h11-12,15-17,22-23H,10,13-14,18-21H2,1-9H3,(H,37,42)(H,38,41);1H. The van der Waals surface area contributed by atoms with Gasteiger partial charge in [0.05, 0.1) is 23.4 Å². The van der Waals surface area contributed by atoms with E-state index in [0.29, 0.717) is 54.7 Å². The van der Waals surface area contributed by atoms with Crippen LogP contribution < -0.4 is 19.7 Å². The first-order chi connectivity index (χ1) is 21.7. The summed E-state index contributed by atoms with van der Waals surface area (Å²) in [5, 5.41) is 2.81. The van der Waals surface area contributed by atoms with E-state index in [-0.39, 0.29) is 31.5 Å². The van der Waals surface area contributed by atoms with Gasteiger partial charge >= 0.3 is 16.3 Å². The first-order valence-electron chi connectivity index (χ1n) is 16.2. The van der Waals surface area contributed by atoms with Crippen LogP contribution in [0.4, 0.5) is 15.0 Å². The van der Waals surface area contributed by atoms with Crippen LogP contribution in [-0.4, -0.2) is 72.6 Å². The second-order valence-electron chi connectivity index (χ2n) is 15.2. The van der Waals surface area contributed by atoms with E-state index in [1.165, 1.54) is 22.5 Å². The molecule has 13 heteroatoms. The summed E-state index contributed by atoms with van der Waals surface area (Å²) in [4.78, 5) is 33.2. The third kappa shape index (κ3) is 9.34. The molecule has 2 saturated heterocycles. The molecule has 2 atom stereocenters. The fourth-order valence-corrected chi connectivity index (χ4v) is 7.59. The first kappa shape index (κ1) is 36.4. The largest absolute Gasteiger partial charge is 0.493 e. The predicted molar refractivity (Wildman–Crippen MR) is 182 cm³/mol. The van der Waals surface area contributed by atoms with Crippen LogP contribution in [-0.2, 0) is 14.9 Å². The number of anilines is 1. The van der Waals surface area contributed by atoms with Crippen LogP contribution in [0.1, 0.15) is 93.4 Å². The van der Waals surface area contributed by atoms with Crippen LogP contribution >= 0.6 is 0 Å². The van der Waals surface area contributed by atoms with Crippen LogP contribution in [0.3, 0.4) is 0 Å². The van der Waals surface area contributed by atoms with Crippen molar-refractivity contribution in [2.24, 2.45) is 11.8 Å². The summed E-state index contributed by atoms with van der Waals surface area (Å²) in [5.41, 5.74) is -1.02. The molecule has 2 aliphatic rings. The van der Waals surface area contributed by atoms with Gasteiger partial charge in [-0.25, -0.2) is 18.9 Å². The molecule has 2 unspecified atom stereocenters. The molecule has 11 nitrogen and oxygen atoms in total. The number of nitrogens with zero attached hydrogens (tertiary/aromatic N) is 3. The molecule has 0 aliphatic carbocycles. The van der Waals surface area contributed by atoms with E-state index in [1.807, 2.05) is 18.7 Å². The summed E-state index contributed by atoms with van der Waals surface area (Å²) in [6.45, 7) is 18.4. The Bertz CT molecular complexity index is 1600. The number of benzene rings is 1. The number of carbonyl (C=O) groups is 2. The van der Waals surface area contributed by atoms with Crippen molar-refractivity contribution in [2.45, 2.75) is 98.3 Å². The number of halogens is 1. The van der Waals surface area contributed by atoms with E-state index in [1.54, 1.807) is 39.8 Å². The number of pyridine rings is 1. The van der Waals surface area contributed by atoms with Crippen molar-refractivity contribution in [3.63, 3.8) is 0 Å². The van der Waals surface area contributed by atoms with Gasteiger partial charge in [-0.3, -0.25) is 4.79 Å². The third-order valence-corrected chi connectivity index (χ3v) is 9.66. The van der Waals surface area contributed by atoms with Gasteiger partial charge in [0.15, 0.2) is 0 Å². The van der Waals surface area contributed by atoms with Gasteiger partial charge in [0.25, 0.3) is 5.91 Å². The van der Waals surface area contributed by atoms with Gasteiger partial charge in [-0.2, -0.15) is 12.7 Å². The number of rotatable bonds is 9. The molecule has 1 aromatic heterocycles. The molecule has 0 saturated carbocycles. The summed E-state index contributed by atoms with van der Waals surface area (Å²) in [5.74, 6) is -0.0868. The topological polar surface area (TPSA) is 130 Å². The van der Waals surface area contributed by atoms with Gasteiger partial charge in [-0.1, -0.05) is 20.8 Å². The molecule has 262 valence electrons. The number of nitrogens with one attached hydrogen (secondary N) is 2. The predicted octanol–water partition coefficient (Wildman–Crippen LogP) is 6.15. The number of aromatic nitrogens is 1. The van der Waals surface area contributed by atoms with Gasteiger partial charge < -0.3 is 19.7 Å². The molecular weight excluding hydrogens is 625 g/mol. The second kappa shape index (κ2) is 13.6. The van der Waals surface area contributed by atoms with Crippen LogP contribution in [0.2, 0.25) is 0 Å². The lowest BCUT2D eigenvalue weighted by atomic mass is 9.93. The molecule has 0 spiro atoms. The molecule has 0 radical (unpaired) electrons. The second-order valence-corrected chi connectivity index (χ2v) is 16.9. The molecule has 2 amide bonds. The fourth-order valence-electron chi connectivity index (χ4n) is 6.30. The van der Waals surface area contributed by atoms with Gasteiger partial charge in [0.1, 0.15) is 23.0 Å². The van der Waals surface area contributed by atoms with E-state index in [0.717, 1.165) is 6.42 Å². The molecule has 3 heterocycles. The van der Waals surface area contributed by atoms with Gasteiger partial charge in [-0.05, 0) is 96.9 Å². The van der Waals surface area contributed by atoms with Crippen molar-refractivity contribution in [2.75, 3.05) is 31.1 Å². The number of amides is 2. The van der Waals surface area contributed by atoms with Crippen molar-refractivity contribution in [3.8, 4) is 17.0 Å². The Morgan fingerprint density at radius 1 is 1.17 bits per heavy atom. The lowest BCUT2D eigenvalue weighted by Crippen LogP contribution is -2.60. The quantitative estimate of drug-likeness (QED) is 0.324. The maximum absolute atomic E-state index is 14.7. The number of ether oxygens (including phenoxy) is 2. The Labute approximate surface area is 280 Å². The molecule has 2 fully saturated rings. The van der Waals surface area contributed by atoms with Crippen molar-refractivity contribution < 1.29 is 33.3 Å². The third-order valence-electron chi connectivity index (χ3n) is 8.22. The zero-order valence-electron chi connectivity index (χ0n) is 29.1. The SMILES string of the molecule is CC(C)COc1cc(F)cc(-c2ccc(C(=O)NS(=O)(=O)N3CCCC(C)(NC(=O)OC(C)(C)C)C3)c(N3CC(C)CC3(C)C)n2)c1.[HH]. The summed E-state index contributed by atoms with van der Waals surface area (Å²) < 4.78 is 56.5. The van der Waals surface area contributed by atoms with Crippen LogP contribution in [0.25, 0.3) is 11.3 Å². The number of piperidine rings is 1. The summed E-state index contributed by atoms with van der Waals surface area (Å²) >= 11 is 0. The van der Waals surface area contributed by atoms with Crippen LogP contribution in [0.5, 0.6) is 5.75 Å². The minimum atomic E-state index is -4.31. The van der Waals surface area contributed by atoms with Crippen molar-refractivity contribution >= 4 is 28.0 Å². The van der Waals surface area contributed by atoms with Gasteiger partial charge in [0.2, 0.25) is 0 Å². The fraction of sp³-hybridized carbons (Fsp3) is 0.618. The lowest BCUT2D eigenvalue weighted by molar-refractivity contribution is 0.0424. The van der Waals surface area contributed by atoms with Gasteiger partial charge in [0, 0.05) is 38.2 Å². The zero-order valence-corrected chi connectivity index (χ0v) is 29.9.